The van der Waals surface area contributed by atoms with Gasteiger partial charge in [0.25, 0.3) is 0 Å². The maximum absolute atomic E-state index is 5.52. The van der Waals surface area contributed by atoms with E-state index in [1.54, 1.807) is 0 Å². The number of ether oxygens (including phenoxy) is 2. The van der Waals surface area contributed by atoms with Crippen LogP contribution in [-0.4, -0.2) is 38.8 Å². The summed E-state index contributed by atoms with van der Waals surface area (Å²) in [5.41, 5.74) is 0. The monoisotopic (exact) mass is 172 g/mol. The molecule has 0 aromatic rings. The van der Waals surface area contributed by atoms with E-state index in [1.807, 2.05) is 0 Å². The average Bonchev–Trinajstić information content (AvgIpc) is 2.21. The lowest BCUT2D eigenvalue weighted by Crippen LogP contribution is -2.55. The minimum atomic E-state index is 0.0547. The topological polar surface area (TPSA) is 42.5 Å². The lowest BCUT2D eigenvalue weighted by molar-refractivity contribution is -0.127. The quantitative estimate of drug-likeness (QED) is 0.568. The second-order valence-electron chi connectivity index (χ2n) is 3.20. The molecule has 0 aromatic carbocycles. The first kappa shape index (κ1) is 8.44. The Morgan fingerprint density at radius 2 is 1.33 bits per heavy atom. The SMILES string of the molecule is C1CNC(C2NCCCO2)OC1. The molecule has 2 fully saturated rings. The minimum Gasteiger partial charge on any atom is -0.359 e. The van der Waals surface area contributed by atoms with Crippen molar-refractivity contribution in [2.75, 3.05) is 26.3 Å². The Morgan fingerprint density at radius 3 is 1.67 bits per heavy atom. The molecule has 0 radical (unpaired) electrons. The number of hydrogen-bond acceptors (Lipinski definition) is 4. The average molecular weight is 172 g/mol. The Hall–Kier alpha value is -0.160. The molecule has 2 heterocycles. The Labute approximate surface area is 72.6 Å². The summed E-state index contributed by atoms with van der Waals surface area (Å²) in [4.78, 5) is 0. The molecule has 2 rings (SSSR count). The zero-order chi connectivity index (χ0) is 8.23. The van der Waals surface area contributed by atoms with Gasteiger partial charge in [0, 0.05) is 0 Å². The van der Waals surface area contributed by atoms with Gasteiger partial charge in [0.2, 0.25) is 0 Å². The van der Waals surface area contributed by atoms with Crippen molar-refractivity contribution < 1.29 is 9.47 Å². The molecule has 2 aliphatic heterocycles. The fraction of sp³-hybridized carbons (Fsp3) is 1.00. The Balaban J connectivity index is 1.80. The summed E-state index contributed by atoms with van der Waals surface area (Å²) >= 11 is 0. The molecule has 4 nitrogen and oxygen atoms in total. The lowest BCUT2D eigenvalue weighted by Gasteiger charge is -2.34. The summed E-state index contributed by atoms with van der Waals surface area (Å²) in [6.45, 7) is 3.76. The van der Waals surface area contributed by atoms with Crippen molar-refractivity contribution in [3.8, 4) is 0 Å². The van der Waals surface area contributed by atoms with E-state index in [0.717, 1.165) is 39.1 Å². The molecular formula is C8H16N2O2. The van der Waals surface area contributed by atoms with E-state index in [0.29, 0.717) is 0 Å². The van der Waals surface area contributed by atoms with Crippen LogP contribution >= 0.6 is 0 Å². The fourth-order valence-electron chi connectivity index (χ4n) is 1.56. The number of rotatable bonds is 1. The van der Waals surface area contributed by atoms with E-state index in [2.05, 4.69) is 10.6 Å². The van der Waals surface area contributed by atoms with E-state index < -0.39 is 0 Å². The van der Waals surface area contributed by atoms with Gasteiger partial charge >= 0.3 is 0 Å². The van der Waals surface area contributed by atoms with Crippen molar-refractivity contribution in [3.05, 3.63) is 0 Å². The van der Waals surface area contributed by atoms with Crippen LogP contribution in [0.4, 0.5) is 0 Å². The maximum Gasteiger partial charge on any atom is 0.148 e. The van der Waals surface area contributed by atoms with Crippen LogP contribution in [-0.2, 0) is 9.47 Å². The van der Waals surface area contributed by atoms with Crippen LogP contribution in [0.3, 0.4) is 0 Å². The molecule has 12 heavy (non-hydrogen) atoms. The normalized spacial score (nSPS) is 38.0. The molecule has 2 atom stereocenters. The van der Waals surface area contributed by atoms with Crippen LogP contribution in [0.2, 0.25) is 0 Å². The molecule has 0 aliphatic carbocycles. The summed E-state index contributed by atoms with van der Waals surface area (Å²) in [7, 11) is 0. The van der Waals surface area contributed by atoms with Crippen LogP contribution in [0.1, 0.15) is 12.8 Å². The van der Waals surface area contributed by atoms with Gasteiger partial charge in [-0.2, -0.15) is 0 Å². The van der Waals surface area contributed by atoms with Crippen molar-refractivity contribution >= 4 is 0 Å². The molecule has 2 N–H and O–H groups in total. The molecule has 0 spiro atoms. The molecule has 0 aromatic heterocycles. The van der Waals surface area contributed by atoms with Crippen LogP contribution in [0.25, 0.3) is 0 Å². The predicted molar refractivity (Wildman–Crippen MR) is 44.7 cm³/mol. The molecule has 2 unspecified atom stereocenters. The third kappa shape index (κ3) is 1.95. The highest BCUT2D eigenvalue weighted by atomic mass is 16.6. The van der Waals surface area contributed by atoms with E-state index in [-0.39, 0.29) is 12.5 Å². The van der Waals surface area contributed by atoms with Gasteiger partial charge in [0.1, 0.15) is 12.5 Å². The van der Waals surface area contributed by atoms with Gasteiger partial charge in [-0.25, -0.2) is 0 Å². The second-order valence-corrected chi connectivity index (χ2v) is 3.20. The first-order valence-corrected chi connectivity index (χ1v) is 4.67. The predicted octanol–water partition coefficient (Wildman–Crippen LogP) is -0.342. The van der Waals surface area contributed by atoms with Crippen molar-refractivity contribution in [1.82, 2.24) is 10.6 Å². The third-order valence-corrected chi connectivity index (χ3v) is 2.20. The summed E-state index contributed by atoms with van der Waals surface area (Å²) in [6, 6.07) is 0. The molecule has 70 valence electrons. The second kappa shape index (κ2) is 4.18. The highest BCUT2D eigenvalue weighted by Gasteiger charge is 2.25. The van der Waals surface area contributed by atoms with E-state index in [4.69, 9.17) is 9.47 Å². The molecule has 2 saturated heterocycles. The number of nitrogens with one attached hydrogen (secondary N) is 2. The smallest absolute Gasteiger partial charge is 0.148 e. The van der Waals surface area contributed by atoms with Crippen molar-refractivity contribution in [1.29, 1.82) is 0 Å². The Kier molecular flexibility index (Phi) is 2.94. The van der Waals surface area contributed by atoms with Gasteiger partial charge < -0.3 is 9.47 Å². The highest BCUT2D eigenvalue weighted by Crippen LogP contribution is 2.07. The van der Waals surface area contributed by atoms with Crippen molar-refractivity contribution in [2.24, 2.45) is 0 Å². The van der Waals surface area contributed by atoms with E-state index in [1.165, 1.54) is 0 Å². The van der Waals surface area contributed by atoms with Crippen LogP contribution < -0.4 is 10.6 Å². The molecule has 4 heteroatoms. The first-order chi connectivity index (χ1) is 5.97. The highest BCUT2D eigenvalue weighted by molar-refractivity contribution is 4.72. The Bertz CT molecular complexity index is 115. The zero-order valence-corrected chi connectivity index (χ0v) is 7.21. The summed E-state index contributed by atoms with van der Waals surface area (Å²) in [5, 5.41) is 6.56. The van der Waals surface area contributed by atoms with Gasteiger partial charge in [-0.05, 0) is 25.9 Å². The third-order valence-electron chi connectivity index (χ3n) is 2.20. The molecule has 0 saturated carbocycles. The van der Waals surface area contributed by atoms with Gasteiger partial charge in [-0.15, -0.1) is 0 Å². The fourth-order valence-corrected chi connectivity index (χ4v) is 1.56. The zero-order valence-electron chi connectivity index (χ0n) is 7.21. The number of hydrogen-bond donors (Lipinski definition) is 2. The van der Waals surface area contributed by atoms with Gasteiger partial charge in [-0.3, -0.25) is 10.6 Å². The molecule has 0 bridgehead atoms. The Morgan fingerprint density at radius 1 is 0.833 bits per heavy atom. The van der Waals surface area contributed by atoms with Crippen molar-refractivity contribution in [2.45, 2.75) is 25.3 Å². The standard InChI is InChI=1S/C8H16N2O2/c1-3-9-7(11-5-1)8-10-4-2-6-12-8/h7-10H,1-6H2. The van der Waals surface area contributed by atoms with Gasteiger partial charge in [0.15, 0.2) is 0 Å². The van der Waals surface area contributed by atoms with Crippen LogP contribution in [0.5, 0.6) is 0 Å². The van der Waals surface area contributed by atoms with Crippen molar-refractivity contribution in [3.63, 3.8) is 0 Å². The molecular weight excluding hydrogens is 156 g/mol. The van der Waals surface area contributed by atoms with E-state index >= 15 is 0 Å². The lowest BCUT2D eigenvalue weighted by atomic mass is 10.3. The largest absolute Gasteiger partial charge is 0.359 e. The van der Waals surface area contributed by atoms with Crippen LogP contribution in [0.15, 0.2) is 0 Å². The van der Waals surface area contributed by atoms with E-state index in [9.17, 15) is 0 Å². The summed E-state index contributed by atoms with van der Waals surface area (Å²) in [5.74, 6) is 0. The molecule has 0 amide bonds. The van der Waals surface area contributed by atoms with Crippen LogP contribution in [0, 0.1) is 0 Å². The van der Waals surface area contributed by atoms with Gasteiger partial charge in [-0.1, -0.05) is 0 Å². The van der Waals surface area contributed by atoms with Gasteiger partial charge in [0.05, 0.1) is 13.2 Å². The first-order valence-electron chi connectivity index (χ1n) is 4.67. The minimum absolute atomic E-state index is 0.0547. The summed E-state index contributed by atoms with van der Waals surface area (Å²) in [6.07, 6.45) is 2.31. The maximum atomic E-state index is 5.52. The summed E-state index contributed by atoms with van der Waals surface area (Å²) < 4.78 is 11.0. The molecule has 2 aliphatic rings.